The number of nitrogens with zero attached hydrogens (tertiary/aromatic N) is 1. The summed E-state index contributed by atoms with van der Waals surface area (Å²) in [5, 5.41) is 8.63. The zero-order valence-corrected chi connectivity index (χ0v) is 9.68. The third-order valence-electron chi connectivity index (χ3n) is 2.54. The van der Waals surface area contributed by atoms with E-state index in [9.17, 15) is 14.0 Å². The number of benzene rings is 1. The summed E-state index contributed by atoms with van der Waals surface area (Å²) in [4.78, 5) is 23.8. The predicted octanol–water partition coefficient (Wildman–Crippen LogP) is 1.76. The third kappa shape index (κ3) is 3.55. The average molecular weight is 239 g/mol. The van der Waals surface area contributed by atoms with Gasteiger partial charge in [0, 0.05) is 18.7 Å². The molecule has 1 amide bonds. The van der Waals surface area contributed by atoms with Crippen molar-refractivity contribution in [3.63, 3.8) is 0 Å². The number of carbonyl (C=O) groups excluding carboxylic acids is 1. The molecule has 5 heteroatoms. The molecule has 92 valence electrons. The first kappa shape index (κ1) is 13.2. The quantitative estimate of drug-likeness (QED) is 0.871. The molecule has 0 bridgehead atoms. The Balaban J connectivity index is 2.75. The fourth-order valence-corrected chi connectivity index (χ4v) is 1.39. The first-order chi connectivity index (χ1) is 7.91. The highest BCUT2D eigenvalue weighted by atomic mass is 19.1. The Labute approximate surface area is 98.7 Å². The Morgan fingerprint density at radius 3 is 2.35 bits per heavy atom. The van der Waals surface area contributed by atoms with Gasteiger partial charge in [-0.3, -0.25) is 9.59 Å². The van der Waals surface area contributed by atoms with E-state index in [2.05, 4.69) is 0 Å². The van der Waals surface area contributed by atoms with Crippen molar-refractivity contribution in [3.8, 4) is 0 Å². The first-order valence-corrected chi connectivity index (χ1v) is 5.16. The molecule has 4 nitrogen and oxygen atoms in total. The topological polar surface area (TPSA) is 57.6 Å². The van der Waals surface area contributed by atoms with Gasteiger partial charge in [-0.15, -0.1) is 0 Å². The number of hydrogen-bond acceptors (Lipinski definition) is 2. The Morgan fingerprint density at radius 1 is 1.35 bits per heavy atom. The number of carbonyl (C=O) groups is 2. The number of carboxylic acids is 1. The van der Waals surface area contributed by atoms with Crippen molar-refractivity contribution in [1.29, 1.82) is 0 Å². The lowest BCUT2D eigenvalue weighted by molar-refractivity contribution is -0.137. The van der Waals surface area contributed by atoms with E-state index in [1.54, 1.807) is 6.92 Å². The minimum absolute atomic E-state index is 0.122. The van der Waals surface area contributed by atoms with Gasteiger partial charge in [-0.1, -0.05) is 0 Å². The Kier molecular flexibility index (Phi) is 4.20. The second-order valence-electron chi connectivity index (χ2n) is 3.87. The lowest BCUT2D eigenvalue weighted by Crippen LogP contribution is -2.36. The van der Waals surface area contributed by atoms with Crippen molar-refractivity contribution >= 4 is 11.9 Å². The van der Waals surface area contributed by atoms with Gasteiger partial charge in [-0.2, -0.15) is 0 Å². The van der Waals surface area contributed by atoms with Crippen LogP contribution >= 0.6 is 0 Å². The van der Waals surface area contributed by atoms with Gasteiger partial charge in [0.1, 0.15) is 5.82 Å². The summed E-state index contributed by atoms with van der Waals surface area (Å²) < 4.78 is 12.7. The van der Waals surface area contributed by atoms with Crippen LogP contribution in [0.3, 0.4) is 0 Å². The Hall–Kier alpha value is -1.91. The van der Waals surface area contributed by atoms with E-state index in [4.69, 9.17) is 5.11 Å². The molecular weight excluding hydrogens is 225 g/mol. The predicted molar refractivity (Wildman–Crippen MR) is 60.2 cm³/mol. The van der Waals surface area contributed by atoms with Crippen molar-refractivity contribution in [2.45, 2.75) is 19.4 Å². The molecular formula is C12H14FNO3. The van der Waals surface area contributed by atoms with Gasteiger partial charge in [0.25, 0.3) is 5.91 Å². The summed E-state index contributed by atoms with van der Waals surface area (Å²) in [7, 11) is 1.53. The van der Waals surface area contributed by atoms with Crippen LogP contribution in [0, 0.1) is 5.82 Å². The monoisotopic (exact) mass is 239 g/mol. The SMILES string of the molecule is CC(CC(=O)O)N(C)C(=O)c1ccc(F)cc1. The number of aliphatic carboxylic acids is 1. The van der Waals surface area contributed by atoms with Crippen LogP contribution in [-0.2, 0) is 4.79 Å². The van der Waals surface area contributed by atoms with Gasteiger partial charge in [0.2, 0.25) is 0 Å². The van der Waals surface area contributed by atoms with Crippen molar-refractivity contribution < 1.29 is 19.1 Å². The summed E-state index contributed by atoms with van der Waals surface area (Å²) in [6.45, 7) is 1.65. The molecule has 0 aliphatic carbocycles. The summed E-state index contributed by atoms with van der Waals surface area (Å²) in [5.41, 5.74) is 0.339. The molecule has 17 heavy (non-hydrogen) atoms. The fourth-order valence-electron chi connectivity index (χ4n) is 1.39. The van der Waals surface area contributed by atoms with Crippen LogP contribution in [0.2, 0.25) is 0 Å². The van der Waals surface area contributed by atoms with E-state index in [1.807, 2.05) is 0 Å². The van der Waals surface area contributed by atoms with Crippen LogP contribution in [-0.4, -0.2) is 35.0 Å². The Bertz CT molecular complexity index is 416. The van der Waals surface area contributed by atoms with Gasteiger partial charge in [-0.05, 0) is 31.2 Å². The first-order valence-electron chi connectivity index (χ1n) is 5.16. The summed E-state index contributed by atoms with van der Waals surface area (Å²) >= 11 is 0. The lowest BCUT2D eigenvalue weighted by atomic mass is 10.1. The molecule has 0 saturated heterocycles. The normalized spacial score (nSPS) is 11.9. The molecule has 0 saturated carbocycles. The maximum atomic E-state index is 12.7. The minimum Gasteiger partial charge on any atom is -0.481 e. The number of carboxylic acid groups (broad SMARTS) is 1. The number of amides is 1. The minimum atomic E-state index is -0.962. The summed E-state index contributed by atoms with van der Waals surface area (Å²) in [5.74, 6) is -1.70. The van der Waals surface area contributed by atoms with E-state index < -0.39 is 17.8 Å². The zero-order valence-electron chi connectivity index (χ0n) is 9.68. The molecule has 1 rings (SSSR count). The highest BCUT2D eigenvalue weighted by Gasteiger charge is 2.19. The molecule has 1 N–H and O–H groups in total. The Morgan fingerprint density at radius 2 is 1.88 bits per heavy atom. The zero-order chi connectivity index (χ0) is 13.0. The number of rotatable bonds is 4. The van der Waals surface area contributed by atoms with Gasteiger partial charge in [0.15, 0.2) is 0 Å². The van der Waals surface area contributed by atoms with Crippen molar-refractivity contribution in [2.24, 2.45) is 0 Å². The molecule has 0 aromatic heterocycles. The van der Waals surface area contributed by atoms with E-state index in [-0.39, 0.29) is 12.3 Å². The number of hydrogen-bond donors (Lipinski definition) is 1. The highest BCUT2D eigenvalue weighted by molar-refractivity contribution is 5.94. The van der Waals surface area contributed by atoms with Crippen LogP contribution in [0.1, 0.15) is 23.7 Å². The molecule has 1 aromatic carbocycles. The standard InChI is InChI=1S/C12H14FNO3/c1-8(7-11(15)16)14(2)12(17)9-3-5-10(13)6-4-9/h3-6,8H,7H2,1-2H3,(H,15,16). The van der Waals surface area contributed by atoms with Crippen molar-refractivity contribution in [3.05, 3.63) is 35.6 Å². The second-order valence-corrected chi connectivity index (χ2v) is 3.87. The molecule has 0 fully saturated rings. The second kappa shape index (κ2) is 5.43. The van der Waals surface area contributed by atoms with E-state index in [0.717, 1.165) is 0 Å². The van der Waals surface area contributed by atoms with Crippen LogP contribution in [0.15, 0.2) is 24.3 Å². The molecule has 1 aromatic rings. The van der Waals surface area contributed by atoms with Crippen LogP contribution in [0.25, 0.3) is 0 Å². The van der Waals surface area contributed by atoms with Gasteiger partial charge in [-0.25, -0.2) is 4.39 Å². The van der Waals surface area contributed by atoms with Gasteiger partial charge < -0.3 is 10.0 Å². The largest absolute Gasteiger partial charge is 0.481 e. The van der Waals surface area contributed by atoms with Crippen molar-refractivity contribution in [1.82, 2.24) is 4.90 Å². The van der Waals surface area contributed by atoms with Gasteiger partial charge >= 0.3 is 5.97 Å². The van der Waals surface area contributed by atoms with E-state index >= 15 is 0 Å². The molecule has 0 spiro atoms. The highest BCUT2D eigenvalue weighted by Crippen LogP contribution is 2.09. The smallest absolute Gasteiger partial charge is 0.305 e. The van der Waals surface area contributed by atoms with E-state index in [1.165, 1.54) is 36.2 Å². The third-order valence-corrected chi connectivity index (χ3v) is 2.54. The van der Waals surface area contributed by atoms with Crippen LogP contribution in [0.4, 0.5) is 4.39 Å². The molecule has 0 radical (unpaired) electrons. The molecule has 1 atom stereocenters. The maximum Gasteiger partial charge on any atom is 0.305 e. The average Bonchev–Trinajstić information content (AvgIpc) is 2.27. The summed E-state index contributed by atoms with van der Waals surface area (Å²) in [6.07, 6.45) is -0.122. The molecule has 1 unspecified atom stereocenters. The molecule has 0 aliphatic heterocycles. The lowest BCUT2D eigenvalue weighted by Gasteiger charge is -2.23. The van der Waals surface area contributed by atoms with Gasteiger partial charge in [0.05, 0.1) is 6.42 Å². The van der Waals surface area contributed by atoms with E-state index in [0.29, 0.717) is 5.56 Å². The molecule has 0 aliphatic rings. The number of halogens is 1. The summed E-state index contributed by atoms with van der Waals surface area (Å²) in [6, 6.07) is 4.74. The van der Waals surface area contributed by atoms with Crippen molar-refractivity contribution in [2.75, 3.05) is 7.05 Å². The van der Waals surface area contributed by atoms with Crippen LogP contribution in [0.5, 0.6) is 0 Å². The fraction of sp³-hybridized carbons (Fsp3) is 0.333. The van der Waals surface area contributed by atoms with Crippen LogP contribution < -0.4 is 0 Å². The maximum absolute atomic E-state index is 12.7. The molecule has 0 heterocycles.